The first kappa shape index (κ1) is 9.70. The zero-order valence-corrected chi connectivity index (χ0v) is 7.41. The lowest BCUT2D eigenvalue weighted by molar-refractivity contribution is 0.512. The molecule has 0 aromatic heterocycles. The molecule has 0 saturated carbocycles. The van der Waals surface area contributed by atoms with Gasteiger partial charge in [-0.25, -0.2) is 0 Å². The predicted octanol–water partition coefficient (Wildman–Crippen LogP) is 2.34. The summed E-state index contributed by atoms with van der Waals surface area (Å²) >= 11 is 0. The molecule has 10 heavy (non-hydrogen) atoms. The van der Waals surface area contributed by atoms with Crippen molar-refractivity contribution in [2.45, 2.75) is 39.2 Å². The van der Waals surface area contributed by atoms with E-state index in [1.165, 1.54) is 18.4 Å². The maximum Gasteiger partial charge on any atom is 0.0101 e. The maximum absolute atomic E-state index is 3.89. The van der Waals surface area contributed by atoms with Crippen LogP contribution in [-0.4, -0.2) is 13.1 Å². The third-order valence-electron chi connectivity index (χ3n) is 1.64. The quantitative estimate of drug-likeness (QED) is 0.579. The van der Waals surface area contributed by atoms with E-state index in [0.717, 1.165) is 6.42 Å². The van der Waals surface area contributed by atoms with E-state index in [4.69, 9.17) is 0 Å². The first-order valence-electron chi connectivity index (χ1n) is 4.02. The summed E-state index contributed by atoms with van der Waals surface area (Å²) in [7, 11) is 2.02. The fourth-order valence-corrected chi connectivity index (χ4v) is 1.12. The molecule has 0 fully saturated rings. The molecule has 0 aromatic rings. The Balaban J connectivity index is 3.49. The Morgan fingerprint density at radius 1 is 1.60 bits per heavy atom. The minimum atomic E-state index is 0.641. The molecule has 60 valence electrons. The molecule has 0 aliphatic carbocycles. The van der Waals surface area contributed by atoms with Gasteiger partial charge < -0.3 is 5.32 Å². The van der Waals surface area contributed by atoms with Crippen LogP contribution in [0.25, 0.3) is 0 Å². The Hall–Kier alpha value is -0.300. The molecule has 0 rings (SSSR count). The van der Waals surface area contributed by atoms with Gasteiger partial charge in [0.15, 0.2) is 0 Å². The van der Waals surface area contributed by atoms with Gasteiger partial charge in [-0.2, -0.15) is 0 Å². The van der Waals surface area contributed by atoms with Gasteiger partial charge in [0, 0.05) is 6.04 Å². The summed E-state index contributed by atoms with van der Waals surface area (Å²) in [6.07, 6.45) is 3.62. The topological polar surface area (TPSA) is 12.0 Å². The molecular weight excluding hydrogens is 122 g/mol. The summed E-state index contributed by atoms with van der Waals surface area (Å²) in [5.74, 6) is 0. The van der Waals surface area contributed by atoms with Crippen molar-refractivity contribution < 1.29 is 0 Å². The van der Waals surface area contributed by atoms with Crippen molar-refractivity contribution >= 4 is 0 Å². The van der Waals surface area contributed by atoms with Gasteiger partial charge in [0.05, 0.1) is 0 Å². The van der Waals surface area contributed by atoms with E-state index < -0.39 is 0 Å². The zero-order valence-electron chi connectivity index (χ0n) is 7.41. The van der Waals surface area contributed by atoms with Crippen molar-refractivity contribution in [3.05, 3.63) is 12.2 Å². The second-order valence-electron chi connectivity index (χ2n) is 2.94. The lowest BCUT2D eigenvalue weighted by atomic mass is 10.0. The molecule has 0 saturated heterocycles. The van der Waals surface area contributed by atoms with Crippen molar-refractivity contribution in [2.24, 2.45) is 0 Å². The van der Waals surface area contributed by atoms with Crippen LogP contribution >= 0.6 is 0 Å². The smallest absolute Gasteiger partial charge is 0.0101 e. The van der Waals surface area contributed by atoms with Crippen LogP contribution < -0.4 is 5.32 Å². The highest BCUT2D eigenvalue weighted by molar-refractivity contribution is 4.92. The van der Waals surface area contributed by atoms with Crippen molar-refractivity contribution in [1.82, 2.24) is 5.32 Å². The molecule has 1 N–H and O–H groups in total. The van der Waals surface area contributed by atoms with Crippen LogP contribution in [0.5, 0.6) is 0 Å². The number of hydrogen-bond donors (Lipinski definition) is 1. The molecular formula is C9H19N. The van der Waals surface area contributed by atoms with Crippen molar-refractivity contribution in [2.75, 3.05) is 7.05 Å². The van der Waals surface area contributed by atoms with Crippen molar-refractivity contribution in [3.63, 3.8) is 0 Å². The fourth-order valence-electron chi connectivity index (χ4n) is 1.12. The summed E-state index contributed by atoms with van der Waals surface area (Å²) in [4.78, 5) is 0. The highest BCUT2D eigenvalue weighted by Gasteiger charge is 2.02. The van der Waals surface area contributed by atoms with Crippen LogP contribution in [-0.2, 0) is 0 Å². The van der Waals surface area contributed by atoms with E-state index in [1.807, 2.05) is 7.05 Å². The summed E-state index contributed by atoms with van der Waals surface area (Å²) < 4.78 is 0. The van der Waals surface area contributed by atoms with Crippen LogP contribution in [0.2, 0.25) is 0 Å². The van der Waals surface area contributed by atoms with Gasteiger partial charge in [-0.1, -0.05) is 18.9 Å². The van der Waals surface area contributed by atoms with Gasteiger partial charge >= 0.3 is 0 Å². The maximum atomic E-state index is 3.89. The molecule has 0 aliphatic rings. The lowest BCUT2D eigenvalue weighted by Gasteiger charge is -2.14. The van der Waals surface area contributed by atoms with E-state index in [1.54, 1.807) is 0 Å². The van der Waals surface area contributed by atoms with E-state index >= 15 is 0 Å². The standard InChI is InChI=1S/C9H19N/c1-5-6-9(10-4)7-8(2)3/h9-10H,2,5-7H2,1,3-4H3. The molecule has 1 nitrogen and oxygen atoms in total. The van der Waals surface area contributed by atoms with Gasteiger partial charge in [0.2, 0.25) is 0 Å². The van der Waals surface area contributed by atoms with Crippen LogP contribution in [0.1, 0.15) is 33.1 Å². The normalized spacial score (nSPS) is 13.1. The largest absolute Gasteiger partial charge is 0.317 e. The number of nitrogens with one attached hydrogen (secondary N) is 1. The molecule has 0 aromatic carbocycles. The second kappa shape index (κ2) is 5.48. The van der Waals surface area contributed by atoms with Crippen molar-refractivity contribution in [3.8, 4) is 0 Å². The van der Waals surface area contributed by atoms with Crippen LogP contribution in [0.4, 0.5) is 0 Å². The second-order valence-corrected chi connectivity index (χ2v) is 2.94. The minimum Gasteiger partial charge on any atom is -0.317 e. The van der Waals surface area contributed by atoms with Gasteiger partial charge in [-0.15, -0.1) is 6.58 Å². The number of rotatable bonds is 5. The minimum absolute atomic E-state index is 0.641. The average molecular weight is 141 g/mol. The SMILES string of the molecule is C=C(C)CC(CCC)NC. The molecule has 1 heteroatoms. The molecule has 0 spiro atoms. The molecule has 0 bridgehead atoms. The molecule has 1 unspecified atom stereocenters. The molecule has 1 atom stereocenters. The Bertz CT molecular complexity index is 96.9. The lowest BCUT2D eigenvalue weighted by Crippen LogP contribution is -2.24. The number of hydrogen-bond acceptors (Lipinski definition) is 1. The summed E-state index contributed by atoms with van der Waals surface area (Å²) in [6.45, 7) is 8.18. The third-order valence-corrected chi connectivity index (χ3v) is 1.64. The van der Waals surface area contributed by atoms with Gasteiger partial charge in [0.1, 0.15) is 0 Å². The molecule has 0 radical (unpaired) electrons. The molecule has 0 heterocycles. The summed E-state index contributed by atoms with van der Waals surface area (Å²) in [5, 5.41) is 3.27. The Morgan fingerprint density at radius 3 is 2.50 bits per heavy atom. The fraction of sp³-hybridized carbons (Fsp3) is 0.778. The van der Waals surface area contributed by atoms with Crippen LogP contribution in [0.3, 0.4) is 0 Å². The van der Waals surface area contributed by atoms with E-state index in [0.29, 0.717) is 6.04 Å². The summed E-state index contributed by atoms with van der Waals surface area (Å²) in [6, 6.07) is 0.641. The van der Waals surface area contributed by atoms with Gasteiger partial charge in [-0.3, -0.25) is 0 Å². The molecule has 0 amide bonds. The molecule has 0 aliphatic heterocycles. The van der Waals surface area contributed by atoms with E-state index in [9.17, 15) is 0 Å². The van der Waals surface area contributed by atoms with E-state index in [2.05, 4.69) is 25.7 Å². The van der Waals surface area contributed by atoms with Gasteiger partial charge in [0.25, 0.3) is 0 Å². The highest BCUT2D eigenvalue weighted by atomic mass is 14.9. The Labute approximate surface area is 64.5 Å². The van der Waals surface area contributed by atoms with Crippen molar-refractivity contribution in [1.29, 1.82) is 0 Å². The Morgan fingerprint density at radius 2 is 2.20 bits per heavy atom. The third kappa shape index (κ3) is 4.57. The highest BCUT2D eigenvalue weighted by Crippen LogP contribution is 2.06. The Kier molecular flexibility index (Phi) is 5.32. The monoisotopic (exact) mass is 141 g/mol. The zero-order chi connectivity index (χ0) is 7.98. The first-order valence-corrected chi connectivity index (χ1v) is 4.02. The first-order chi connectivity index (χ1) is 4.70. The predicted molar refractivity (Wildman–Crippen MR) is 47.2 cm³/mol. The van der Waals surface area contributed by atoms with Crippen LogP contribution in [0.15, 0.2) is 12.2 Å². The average Bonchev–Trinajstić information content (AvgIpc) is 1.86. The van der Waals surface area contributed by atoms with E-state index in [-0.39, 0.29) is 0 Å². The van der Waals surface area contributed by atoms with Gasteiger partial charge in [-0.05, 0) is 26.8 Å². The summed E-state index contributed by atoms with van der Waals surface area (Å²) in [5.41, 5.74) is 1.27. The van der Waals surface area contributed by atoms with Crippen LogP contribution in [0, 0.1) is 0 Å².